The summed E-state index contributed by atoms with van der Waals surface area (Å²) in [7, 11) is 0. The van der Waals surface area contributed by atoms with Crippen molar-refractivity contribution in [2.75, 3.05) is 26.2 Å². The summed E-state index contributed by atoms with van der Waals surface area (Å²) in [6.07, 6.45) is 17.0. The number of esters is 2. The summed E-state index contributed by atoms with van der Waals surface area (Å²) in [5, 5.41) is 0. The molecule has 7 nitrogen and oxygen atoms in total. The number of rotatable bonds is 10. The molecule has 0 aromatic heterocycles. The van der Waals surface area contributed by atoms with Gasteiger partial charge in [-0.3, -0.25) is 19.4 Å². The van der Waals surface area contributed by atoms with Gasteiger partial charge in [-0.2, -0.15) is 0 Å². The fourth-order valence-electron chi connectivity index (χ4n) is 10.9. The number of halogens is 2. The van der Waals surface area contributed by atoms with Crippen LogP contribution in [0, 0.1) is 0 Å². The third kappa shape index (κ3) is 11.1. The third-order valence-corrected chi connectivity index (χ3v) is 14.1. The first kappa shape index (κ1) is 49.9. The molecule has 4 fully saturated rings. The van der Waals surface area contributed by atoms with Crippen LogP contribution >= 0.6 is 24.8 Å². The van der Waals surface area contributed by atoms with Crippen molar-refractivity contribution >= 4 is 36.8 Å². The molecule has 2 saturated carbocycles. The molecule has 4 aromatic rings. The number of ether oxygens (including phenoxy) is 2. The van der Waals surface area contributed by atoms with Crippen molar-refractivity contribution in [1.82, 2.24) is 9.80 Å². The van der Waals surface area contributed by atoms with E-state index < -0.39 is 11.2 Å². The number of carbonyl (C=O) groups excluding carboxylic acids is 2. The van der Waals surface area contributed by atoms with Gasteiger partial charge in [0, 0.05) is 75.8 Å². The second kappa shape index (κ2) is 23.1. The molecule has 0 amide bonds. The Morgan fingerprint density at radius 2 is 0.689 bits per heavy atom. The molecule has 8 rings (SSSR count). The van der Waals surface area contributed by atoms with Gasteiger partial charge in [0.1, 0.15) is 11.2 Å². The summed E-state index contributed by atoms with van der Waals surface area (Å²) in [5.74, 6) is -0.199. The lowest BCUT2D eigenvalue weighted by molar-refractivity contribution is -0.170. The fraction of sp³-hybridized carbons (Fsp3) is 0.500. The van der Waals surface area contributed by atoms with Crippen LogP contribution in [0.25, 0.3) is 0 Å². The number of carbonyl (C=O) groups is 2. The summed E-state index contributed by atoms with van der Waals surface area (Å²) in [4.78, 5) is 30.0. The van der Waals surface area contributed by atoms with Crippen LogP contribution in [0.1, 0.15) is 139 Å². The molecule has 0 unspecified atom stereocenters. The zero-order valence-electron chi connectivity index (χ0n) is 36.5. The molecule has 4 aliphatic rings. The smallest absolute Gasteiger partial charge is 0.306 e. The summed E-state index contributed by atoms with van der Waals surface area (Å²) < 4.78 is 12.2. The van der Waals surface area contributed by atoms with Crippen molar-refractivity contribution in [1.29, 1.82) is 0 Å². The summed E-state index contributed by atoms with van der Waals surface area (Å²) in [5.41, 5.74) is 4.48. The highest BCUT2D eigenvalue weighted by Crippen LogP contribution is 2.48. The number of benzene rings is 4. The number of likely N-dealkylation sites (tertiary alicyclic amines) is 2. The minimum Gasteiger partial charge on any atom is -0.454 e. The lowest BCUT2D eigenvalue weighted by Crippen LogP contribution is -2.54. The van der Waals surface area contributed by atoms with E-state index in [0.29, 0.717) is 12.8 Å². The standard InChI is InChI=1S/2C26H33NO2.2ClH.H2O/c2*1-2-24(28)29-26(23-14-8-4-9-15-23)18-20-27(21-19-26)25(16-10-5-11-17-25)22-12-6-3-7-13-22;;;/h2*3-4,6-9,12-15H,2,5,10-11,16-21H2,1H3;2*1H;1H2. The van der Waals surface area contributed by atoms with Gasteiger partial charge in [-0.1, -0.05) is 174 Å². The van der Waals surface area contributed by atoms with Gasteiger partial charge in [-0.15, -0.1) is 24.8 Å². The van der Waals surface area contributed by atoms with Crippen molar-refractivity contribution in [3.05, 3.63) is 144 Å². The molecule has 9 heteroatoms. The van der Waals surface area contributed by atoms with Gasteiger partial charge in [-0.25, -0.2) is 0 Å². The lowest BCUT2D eigenvalue weighted by atomic mass is 9.73. The molecule has 0 radical (unpaired) electrons. The van der Waals surface area contributed by atoms with E-state index in [1.165, 1.54) is 75.3 Å². The van der Waals surface area contributed by atoms with Gasteiger partial charge in [0.25, 0.3) is 0 Å². The first-order valence-corrected chi connectivity index (χ1v) is 22.5. The molecule has 2 aliphatic heterocycles. The van der Waals surface area contributed by atoms with Gasteiger partial charge >= 0.3 is 11.9 Å². The molecule has 0 atom stereocenters. The Balaban J connectivity index is 0.000000256. The largest absolute Gasteiger partial charge is 0.454 e. The number of hydrogen-bond donors (Lipinski definition) is 0. The molecule has 0 spiro atoms. The topological polar surface area (TPSA) is 90.6 Å². The first-order valence-electron chi connectivity index (χ1n) is 22.5. The fourth-order valence-corrected chi connectivity index (χ4v) is 10.9. The van der Waals surface area contributed by atoms with E-state index in [0.717, 1.165) is 63.0 Å². The maximum absolute atomic E-state index is 12.3. The van der Waals surface area contributed by atoms with Gasteiger partial charge in [-0.05, 0) is 47.9 Å². The Hall–Kier alpha value is -3.72. The highest BCUT2D eigenvalue weighted by Gasteiger charge is 2.48. The molecule has 2 heterocycles. The van der Waals surface area contributed by atoms with Crippen LogP contribution in [-0.2, 0) is 41.3 Å². The van der Waals surface area contributed by atoms with Crippen LogP contribution < -0.4 is 0 Å². The second-order valence-electron chi connectivity index (χ2n) is 17.3. The highest BCUT2D eigenvalue weighted by atomic mass is 35.5. The van der Waals surface area contributed by atoms with Crippen LogP contribution in [0.4, 0.5) is 0 Å². The second-order valence-corrected chi connectivity index (χ2v) is 17.3. The normalized spacial score (nSPS) is 20.4. The van der Waals surface area contributed by atoms with Gasteiger partial charge in [0.15, 0.2) is 0 Å². The zero-order chi connectivity index (χ0) is 40.3. The molecule has 2 saturated heterocycles. The Kier molecular flexibility index (Phi) is 18.9. The minimum absolute atomic E-state index is 0. The maximum atomic E-state index is 12.3. The molecule has 61 heavy (non-hydrogen) atoms. The van der Waals surface area contributed by atoms with Crippen molar-refractivity contribution in [2.45, 2.75) is 139 Å². The van der Waals surface area contributed by atoms with E-state index >= 15 is 0 Å². The lowest BCUT2D eigenvalue weighted by Gasteiger charge is -2.52. The molecule has 332 valence electrons. The summed E-state index contributed by atoms with van der Waals surface area (Å²) in [6.45, 7) is 7.59. The van der Waals surface area contributed by atoms with E-state index in [4.69, 9.17) is 9.47 Å². The summed E-state index contributed by atoms with van der Waals surface area (Å²) in [6, 6.07) is 42.9. The van der Waals surface area contributed by atoms with Crippen LogP contribution in [-0.4, -0.2) is 53.4 Å². The summed E-state index contributed by atoms with van der Waals surface area (Å²) >= 11 is 0. The monoisotopic (exact) mass is 872 g/mol. The van der Waals surface area contributed by atoms with E-state index in [1.807, 2.05) is 26.0 Å². The Morgan fingerprint density at radius 1 is 0.426 bits per heavy atom. The van der Waals surface area contributed by atoms with Gasteiger partial charge < -0.3 is 14.9 Å². The SMILES string of the molecule is CCC(=O)OC1(c2ccccc2)CCN(C2(c3ccccc3)CCCCC2)CC1.CCC(=O)OC1(c2ccccc2)CCN(C2(c3ccccc3)CCCCC2)CC1.Cl.Cl.O. The molecular weight excluding hydrogens is 803 g/mol. The van der Waals surface area contributed by atoms with Crippen LogP contribution in [0.2, 0.25) is 0 Å². The highest BCUT2D eigenvalue weighted by molar-refractivity contribution is 5.85. The molecule has 2 aliphatic carbocycles. The Bertz CT molecular complexity index is 1730. The zero-order valence-corrected chi connectivity index (χ0v) is 38.2. The van der Waals surface area contributed by atoms with Crippen molar-refractivity contribution in [3.63, 3.8) is 0 Å². The van der Waals surface area contributed by atoms with Gasteiger partial charge in [0.2, 0.25) is 0 Å². The van der Waals surface area contributed by atoms with Gasteiger partial charge in [0.05, 0.1) is 0 Å². The Labute approximate surface area is 378 Å². The van der Waals surface area contributed by atoms with Crippen LogP contribution in [0.5, 0.6) is 0 Å². The number of nitrogens with zero attached hydrogens (tertiary/aromatic N) is 2. The molecule has 2 N–H and O–H groups in total. The van der Waals surface area contributed by atoms with Crippen LogP contribution in [0.3, 0.4) is 0 Å². The average Bonchev–Trinajstić information content (AvgIpc) is 3.31. The number of hydrogen-bond acceptors (Lipinski definition) is 6. The van der Waals surface area contributed by atoms with Crippen molar-refractivity contribution < 1.29 is 24.5 Å². The maximum Gasteiger partial charge on any atom is 0.306 e. The average molecular weight is 874 g/mol. The predicted molar refractivity (Wildman–Crippen MR) is 251 cm³/mol. The molecule has 0 bridgehead atoms. The van der Waals surface area contributed by atoms with E-state index in [9.17, 15) is 9.59 Å². The van der Waals surface area contributed by atoms with Crippen LogP contribution in [0.15, 0.2) is 121 Å². The van der Waals surface area contributed by atoms with E-state index in [1.54, 1.807) is 0 Å². The third-order valence-electron chi connectivity index (χ3n) is 14.1. The van der Waals surface area contributed by atoms with E-state index in [2.05, 4.69) is 119 Å². The molecular formula is C52H70Cl2N2O5. The van der Waals surface area contributed by atoms with E-state index in [-0.39, 0.29) is 53.3 Å². The Morgan fingerprint density at radius 3 is 0.951 bits per heavy atom. The quantitative estimate of drug-likeness (QED) is 0.147. The van der Waals surface area contributed by atoms with Crippen molar-refractivity contribution in [2.24, 2.45) is 0 Å². The first-order chi connectivity index (χ1) is 28.4. The minimum atomic E-state index is -0.489. The van der Waals surface area contributed by atoms with Crippen molar-refractivity contribution in [3.8, 4) is 0 Å². The predicted octanol–water partition coefficient (Wildman–Crippen LogP) is 11.6. The number of piperidine rings is 2. The molecule has 4 aromatic carbocycles.